The fraction of sp³-hybridized carbons (Fsp3) is 0.222. The third kappa shape index (κ3) is 4.73. The monoisotopic (exact) mass is 347 g/mol. The van der Waals surface area contributed by atoms with Crippen molar-refractivity contribution >= 4 is 23.5 Å². The molecular formula is C18H18ClNO4. The summed E-state index contributed by atoms with van der Waals surface area (Å²) in [4.78, 5) is 24.1. The zero-order chi connectivity index (χ0) is 17.5. The molecule has 0 heterocycles. The Morgan fingerprint density at radius 3 is 2.62 bits per heavy atom. The van der Waals surface area contributed by atoms with Crippen molar-refractivity contribution in [3.05, 3.63) is 64.7 Å². The number of rotatable bonds is 6. The molecule has 0 fully saturated rings. The van der Waals surface area contributed by atoms with Crippen molar-refractivity contribution in [2.45, 2.75) is 19.6 Å². The molecule has 0 aromatic heterocycles. The molecule has 6 heteroatoms. The molecule has 0 bridgehead atoms. The standard InChI is InChI=1S/C18H18ClNO4/c1-12(17(21)20-11-14-6-3-4-9-16(14)19)24-18(22)13-7-5-8-15(10-13)23-2/h3-10,12H,11H2,1-2H3,(H,20,21). The van der Waals surface area contributed by atoms with E-state index in [9.17, 15) is 9.59 Å². The zero-order valence-electron chi connectivity index (χ0n) is 13.4. The highest BCUT2D eigenvalue weighted by atomic mass is 35.5. The average molecular weight is 348 g/mol. The molecule has 0 radical (unpaired) electrons. The number of carbonyl (C=O) groups excluding carboxylic acids is 2. The second-order valence-electron chi connectivity index (χ2n) is 5.09. The maximum atomic E-state index is 12.1. The average Bonchev–Trinajstić information content (AvgIpc) is 2.60. The number of ether oxygens (including phenoxy) is 2. The van der Waals surface area contributed by atoms with Crippen LogP contribution in [0.3, 0.4) is 0 Å². The normalized spacial score (nSPS) is 11.5. The summed E-state index contributed by atoms with van der Waals surface area (Å²) in [5, 5.41) is 3.26. The number of nitrogens with one attached hydrogen (secondary N) is 1. The van der Waals surface area contributed by atoms with Crippen LogP contribution in [0.25, 0.3) is 0 Å². The number of halogens is 1. The highest BCUT2D eigenvalue weighted by Gasteiger charge is 2.19. The summed E-state index contributed by atoms with van der Waals surface area (Å²) >= 11 is 6.03. The largest absolute Gasteiger partial charge is 0.497 e. The molecule has 0 spiro atoms. The lowest BCUT2D eigenvalue weighted by atomic mass is 10.2. The molecule has 0 aliphatic heterocycles. The number of methoxy groups -OCH3 is 1. The number of carbonyl (C=O) groups is 2. The number of hydrogen-bond donors (Lipinski definition) is 1. The molecule has 24 heavy (non-hydrogen) atoms. The van der Waals surface area contributed by atoms with Gasteiger partial charge >= 0.3 is 5.97 Å². The van der Waals surface area contributed by atoms with Gasteiger partial charge in [0.15, 0.2) is 6.10 Å². The van der Waals surface area contributed by atoms with Gasteiger partial charge in [0.05, 0.1) is 12.7 Å². The number of amides is 1. The van der Waals surface area contributed by atoms with Gasteiger partial charge in [-0.25, -0.2) is 4.79 Å². The summed E-state index contributed by atoms with van der Waals surface area (Å²) in [7, 11) is 1.51. The topological polar surface area (TPSA) is 64.6 Å². The summed E-state index contributed by atoms with van der Waals surface area (Å²) in [5.41, 5.74) is 1.11. The molecule has 0 aliphatic rings. The lowest BCUT2D eigenvalue weighted by Crippen LogP contribution is -2.35. The van der Waals surface area contributed by atoms with Crippen molar-refractivity contribution in [1.29, 1.82) is 0 Å². The summed E-state index contributed by atoms with van der Waals surface area (Å²) in [6.07, 6.45) is -0.925. The molecule has 2 rings (SSSR count). The van der Waals surface area contributed by atoms with Crippen molar-refractivity contribution in [1.82, 2.24) is 5.32 Å². The molecule has 5 nitrogen and oxygen atoms in total. The van der Waals surface area contributed by atoms with Gasteiger partial charge in [-0.2, -0.15) is 0 Å². The molecule has 0 aliphatic carbocycles. The Labute approximate surface area is 145 Å². The highest BCUT2D eigenvalue weighted by Crippen LogP contribution is 2.15. The van der Waals surface area contributed by atoms with Gasteiger partial charge in [-0.15, -0.1) is 0 Å². The van der Waals surface area contributed by atoms with Crippen molar-refractivity contribution in [2.75, 3.05) is 7.11 Å². The van der Waals surface area contributed by atoms with Gasteiger partial charge in [-0.3, -0.25) is 4.79 Å². The number of benzene rings is 2. The van der Waals surface area contributed by atoms with Gasteiger partial charge in [-0.1, -0.05) is 35.9 Å². The van der Waals surface area contributed by atoms with Crippen molar-refractivity contribution < 1.29 is 19.1 Å². The van der Waals surface area contributed by atoms with Gasteiger partial charge in [0, 0.05) is 11.6 Å². The molecule has 126 valence electrons. The molecule has 1 N–H and O–H groups in total. The quantitative estimate of drug-likeness (QED) is 0.815. The van der Waals surface area contributed by atoms with E-state index in [1.807, 2.05) is 18.2 Å². The van der Waals surface area contributed by atoms with Crippen LogP contribution in [-0.2, 0) is 16.1 Å². The Balaban J connectivity index is 1.91. The molecule has 0 saturated heterocycles. The second kappa shape index (κ2) is 8.36. The van der Waals surface area contributed by atoms with Crippen LogP contribution >= 0.6 is 11.6 Å². The van der Waals surface area contributed by atoms with Crippen LogP contribution in [0.1, 0.15) is 22.8 Å². The molecule has 0 saturated carbocycles. The number of esters is 1. The van der Waals surface area contributed by atoms with Crippen LogP contribution in [0.5, 0.6) is 5.75 Å². The Kier molecular flexibility index (Phi) is 6.21. The number of hydrogen-bond acceptors (Lipinski definition) is 4. The highest BCUT2D eigenvalue weighted by molar-refractivity contribution is 6.31. The first-order chi connectivity index (χ1) is 11.5. The lowest BCUT2D eigenvalue weighted by Gasteiger charge is -2.14. The molecular weight excluding hydrogens is 330 g/mol. The second-order valence-corrected chi connectivity index (χ2v) is 5.50. The van der Waals surface area contributed by atoms with E-state index in [2.05, 4.69) is 5.32 Å². The predicted molar refractivity (Wildman–Crippen MR) is 91.2 cm³/mol. The first-order valence-electron chi connectivity index (χ1n) is 7.37. The van der Waals surface area contributed by atoms with Crippen LogP contribution in [0.15, 0.2) is 48.5 Å². The minimum Gasteiger partial charge on any atom is -0.497 e. The summed E-state index contributed by atoms with van der Waals surface area (Å²) in [6.45, 7) is 1.78. The molecule has 1 atom stereocenters. The summed E-state index contributed by atoms with van der Waals surface area (Å²) in [6, 6.07) is 13.8. The van der Waals surface area contributed by atoms with Crippen molar-refractivity contribution in [3.8, 4) is 5.75 Å². The van der Waals surface area contributed by atoms with Crippen LogP contribution in [0.4, 0.5) is 0 Å². The van der Waals surface area contributed by atoms with Gasteiger partial charge in [0.1, 0.15) is 5.75 Å². The predicted octanol–water partition coefficient (Wildman–Crippen LogP) is 3.21. The van der Waals surface area contributed by atoms with Crippen molar-refractivity contribution in [3.63, 3.8) is 0 Å². The third-order valence-corrected chi connectivity index (χ3v) is 3.74. The van der Waals surface area contributed by atoms with Gasteiger partial charge < -0.3 is 14.8 Å². The summed E-state index contributed by atoms with van der Waals surface area (Å²) < 4.78 is 10.2. The summed E-state index contributed by atoms with van der Waals surface area (Å²) in [5.74, 6) is -0.444. The zero-order valence-corrected chi connectivity index (χ0v) is 14.2. The smallest absolute Gasteiger partial charge is 0.339 e. The Morgan fingerprint density at radius 2 is 1.92 bits per heavy atom. The van der Waals surface area contributed by atoms with Crippen LogP contribution in [0.2, 0.25) is 5.02 Å². The van der Waals surface area contributed by atoms with E-state index in [0.29, 0.717) is 16.3 Å². The Hall–Kier alpha value is -2.53. The molecule has 2 aromatic rings. The van der Waals surface area contributed by atoms with E-state index in [1.165, 1.54) is 14.0 Å². The molecule has 2 aromatic carbocycles. The van der Waals surface area contributed by atoms with E-state index < -0.39 is 18.0 Å². The van der Waals surface area contributed by atoms with Crippen LogP contribution < -0.4 is 10.1 Å². The minimum atomic E-state index is -0.925. The van der Waals surface area contributed by atoms with Crippen LogP contribution in [0, 0.1) is 0 Å². The van der Waals surface area contributed by atoms with E-state index >= 15 is 0 Å². The molecule has 1 unspecified atom stereocenters. The first-order valence-corrected chi connectivity index (χ1v) is 7.75. The maximum Gasteiger partial charge on any atom is 0.339 e. The lowest BCUT2D eigenvalue weighted by molar-refractivity contribution is -0.129. The van der Waals surface area contributed by atoms with Gasteiger partial charge in [0.2, 0.25) is 0 Å². The third-order valence-electron chi connectivity index (χ3n) is 3.37. The van der Waals surface area contributed by atoms with E-state index in [0.717, 1.165) is 5.56 Å². The maximum absolute atomic E-state index is 12.1. The Bertz CT molecular complexity index is 732. The van der Waals surface area contributed by atoms with Crippen molar-refractivity contribution in [2.24, 2.45) is 0 Å². The Morgan fingerprint density at radius 1 is 1.17 bits per heavy atom. The minimum absolute atomic E-state index is 0.263. The molecule has 1 amide bonds. The fourth-order valence-electron chi connectivity index (χ4n) is 2.00. The van der Waals surface area contributed by atoms with Gasteiger partial charge in [0.25, 0.3) is 5.91 Å². The van der Waals surface area contributed by atoms with E-state index in [-0.39, 0.29) is 6.54 Å². The van der Waals surface area contributed by atoms with Gasteiger partial charge in [-0.05, 0) is 36.8 Å². The fourth-order valence-corrected chi connectivity index (χ4v) is 2.20. The van der Waals surface area contributed by atoms with E-state index in [1.54, 1.807) is 30.3 Å². The SMILES string of the molecule is COc1cccc(C(=O)OC(C)C(=O)NCc2ccccc2Cl)c1. The van der Waals surface area contributed by atoms with E-state index in [4.69, 9.17) is 21.1 Å². The van der Waals surface area contributed by atoms with Crippen LogP contribution in [-0.4, -0.2) is 25.1 Å². The first kappa shape index (κ1) is 17.8.